The Balaban J connectivity index is 1.70. The van der Waals surface area contributed by atoms with Crippen molar-refractivity contribution in [3.63, 3.8) is 0 Å². The molecule has 3 nitrogen and oxygen atoms in total. The molecule has 26 heavy (non-hydrogen) atoms. The van der Waals surface area contributed by atoms with Crippen molar-refractivity contribution >= 4 is 5.78 Å². The van der Waals surface area contributed by atoms with E-state index in [0.717, 1.165) is 18.8 Å². The summed E-state index contributed by atoms with van der Waals surface area (Å²) < 4.78 is 11.9. The zero-order valence-electron chi connectivity index (χ0n) is 17.6. The van der Waals surface area contributed by atoms with E-state index in [9.17, 15) is 4.79 Å². The lowest BCUT2D eigenvalue weighted by atomic mass is 9.44. The predicted molar refractivity (Wildman–Crippen MR) is 103 cm³/mol. The number of carbonyl (C=O) groups is 1. The Morgan fingerprint density at radius 2 is 1.69 bits per heavy atom. The second-order valence-electron chi connectivity index (χ2n) is 11.0. The highest BCUT2D eigenvalue weighted by Crippen LogP contribution is 2.68. The summed E-state index contributed by atoms with van der Waals surface area (Å²) in [5.74, 6) is 3.02. The Morgan fingerprint density at radius 3 is 2.35 bits per heavy atom. The average molecular weight is 363 g/mol. The van der Waals surface area contributed by atoms with Crippen molar-refractivity contribution in [1.29, 1.82) is 0 Å². The number of Topliss-reactive ketones (excluding diaryl/α,β-unsaturated/α-hetero) is 1. The van der Waals surface area contributed by atoms with Gasteiger partial charge in [0.05, 0.1) is 12.2 Å². The summed E-state index contributed by atoms with van der Waals surface area (Å²) in [4.78, 5) is 13.3. The maximum Gasteiger partial charge on any atom is 0.144 e. The van der Waals surface area contributed by atoms with E-state index in [4.69, 9.17) is 9.47 Å². The van der Waals surface area contributed by atoms with Gasteiger partial charge in [-0.15, -0.1) is 0 Å². The van der Waals surface area contributed by atoms with Crippen molar-refractivity contribution in [3.8, 4) is 0 Å². The molecule has 4 aliphatic rings. The van der Waals surface area contributed by atoms with Gasteiger partial charge in [0.25, 0.3) is 0 Å². The molecule has 0 aliphatic heterocycles. The van der Waals surface area contributed by atoms with Crippen LogP contribution >= 0.6 is 0 Å². The minimum atomic E-state index is -0.182. The maximum atomic E-state index is 13.3. The van der Waals surface area contributed by atoms with E-state index in [-0.39, 0.29) is 16.9 Å². The van der Waals surface area contributed by atoms with Crippen LogP contribution in [0.1, 0.15) is 72.6 Å². The van der Waals surface area contributed by atoms with E-state index in [2.05, 4.69) is 27.7 Å². The molecular formula is C23H38O3. The van der Waals surface area contributed by atoms with E-state index in [1.165, 1.54) is 32.1 Å². The monoisotopic (exact) mass is 362 g/mol. The fourth-order valence-corrected chi connectivity index (χ4v) is 8.15. The van der Waals surface area contributed by atoms with Crippen LogP contribution in [0, 0.1) is 39.9 Å². The lowest BCUT2D eigenvalue weighted by Gasteiger charge is -2.62. The van der Waals surface area contributed by atoms with Gasteiger partial charge in [-0.1, -0.05) is 27.7 Å². The van der Waals surface area contributed by atoms with Crippen LogP contribution in [0.5, 0.6) is 0 Å². The van der Waals surface area contributed by atoms with Gasteiger partial charge in [-0.2, -0.15) is 0 Å². The molecule has 0 aromatic carbocycles. The number of ether oxygens (including phenoxy) is 2. The molecule has 0 heterocycles. The molecule has 0 amide bonds. The van der Waals surface area contributed by atoms with Crippen molar-refractivity contribution in [3.05, 3.63) is 0 Å². The van der Waals surface area contributed by atoms with Crippen LogP contribution in [0.15, 0.2) is 0 Å². The van der Waals surface area contributed by atoms with Crippen molar-refractivity contribution < 1.29 is 14.3 Å². The zero-order valence-corrected chi connectivity index (χ0v) is 17.6. The fourth-order valence-electron chi connectivity index (χ4n) is 8.15. The Morgan fingerprint density at radius 1 is 0.962 bits per heavy atom. The van der Waals surface area contributed by atoms with Crippen LogP contribution in [-0.2, 0) is 14.3 Å². The Bertz CT molecular complexity index is 584. The summed E-state index contributed by atoms with van der Waals surface area (Å²) in [6.07, 6.45) is 8.86. The molecule has 3 unspecified atom stereocenters. The molecule has 8 atom stereocenters. The average Bonchev–Trinajstić information content (AvgIpc) is 2.79. The summed E-state index contributed by atoms with van der Waals surface area (Å²) in [5, 5.41) is 0. The minimum Gasteiger partial charge on any atom is -0.381 e. The number of hydrogen-bond donors (Lipinski definition) is 0. The van der Waals surface area contributed by atoms with E-state index < -0.39 is 0 Å². The first-order valence-electron chi connectivity index (χ1n) is 10.8. The summed E-state index contributed by atoms with van der Waals surface area (Å²) in [6.45, 7) is 9.14. The molecular weight excluding hydrogens is 324 g/mol. The smallest absolute Gasteiger partial charge is 0.144 e. The topological polar surface area (TPSA) is 35.5 Å². The number of ketones is 1. The van der Waals surface area contributed by atoms with Crippen LogP contribution < -0.4 is 0 Å². The molecule has 4 fully saturated rings. The number of fused-ring (bicyclic) bond motifs is 5. The summed E-state index contributed by atoms with van der Waals surface area (Å²) in [7, 11) is 3.75. The molecule has 0 aromatic heterocycles. The van der Waals surface area contributed by atoms with Crippen LogP contribution in [0.3, 0.4) is 0 Å². The van der Waals surface area contributed by atoms with Gasteiger partial charge in [0.2, 0.25) is 0 Å². The zero-order chi connectivity index (χ0) is 18.9. The Labute approximate surface area is 159 Å². The molecule has 4 rings (SSSR count). The molecule has 4 saturated carbocycles. The van der Waals surface area contributed by atoms with E-state index in [1.54, 1.807) is 0 Å². The first-order valence-corrected chi connectivity index (χ1v) is 10.8. The summed E-state index contributed by atoms with van der Waals surface area (Å²) >= 11 is 0. The van der Waals surface area contributed by atoms with Gasteiger partial charge in [0.1, 0.15) is 5.78 Å². The van der Waals surface area contributed by atoms with Gasteiger partial charge >= 0.3 is 0 Å². The van der Waals surface area contributed by atoms with Gasteiger partial charge in [-0.3, -0.25) is 4.79 Å². The summed E-state index contributed by atoms with van der Waals surface area (Å²) in [5.41, 5.74) is -0.00787. The summed E-state index contributed by atoms with van der Waals surface area (Å²) in [6, 6.07) is 0. The highest BCUT2D eigenvalue weighted by Gasteiger charge is 2.66. The van der Waals surface area contributed by atoms with Crippen LogP contribution in [0.4, 0.5) is 0 Å². The van der Waals surface area contributed by atoms with Crippen molar-refractivity contribution in [2.24, 2.45) is 39.9 Å². The number of methoxy groups -OCH3 is 2. The lowest BCUT2D eigenvalue weighted by molar-refractivity contribution is -0.183. The van der Waals surface area contributed by atoms with E-state index in [0.29, 0.717) is 35.1 Å². The predicted octanol–water partition coefficient (Wildman–Crippen LogP) is 4.87. The molecule has 0 bridgehead atoms. The first-order chi connectivity index (χ1) is 12.2. The van der Waals surface area contributed by atoms with Gasteiger partial charge < -0.3 is 9.47 Å². The molecule has 0 spiro atoms. The highest BCUT2D eigenvalue weighted by molar-refractivity contribution is 5.92. The van der Waals surface area contributed by atoms with Gasteiger partial charge in [0, 0.05) is 25.0 Å². The quantitative estimate of drug-likeness (QED) is 0.703. The number of hydrogen-bond acceptors (Lipinski definition) is 3. The molecule has 148 valence electrons. The minimum absolute atomic E-state index is 0.169. The van der Waals surface area contributed by atoms with Crippen LogP contribution in [0.25, 0.3) is 0 Å². The lowest BCUT2D eigenvalue weighted by Crippen LogP contribution is -2.59. The molecule has 0 N–H and O–H groups in total. The SMILES string of the molecule is COC1CC[C@@]2(C)C(CC[C@@H]3[C@@H]2C(OC)C[C@]2(C)C(=O)C(C)(C)C[C@@H]32)C1. The van der Waals surface area contributed by atoms with Gasteiger partial charge in [-0.25, -0.2) is 0 Å². The standard InChI is InChI=1S/C23H38O3/c1-21(2)12-17-16-8-7-14-11-15(25-5)9-10-22(14,3)19(16)18(26-6)13-23(17,4)20(21)24/h14-19H,7-13H2,1-6H3/t14?,15?,16-,17-,18?,19+,22-,23-/m0/s1. The largest absolute Gasteiger partial charge is 0.381 e. The van der Waals surface area contributed by atoms with Crippen LogP contribution in [0.2, 0.25) is 0 Å². The van der Waals surface area contributed by atoms with Gasteiger partial charge in [-0.05, 0) is 74.0 Å². The van der Waals surface area contributed by atoms with Crippen molar-refractivity contribution in [1.82, 2.24) is 0 Å². The Kier molecular flexibility index (Phi) is 4.40. The normalized spacial score (nSPS) is 52.9. The maximum absolute atomic E-state index is 13.3. The molecule has 0 radical (unpaired) electrons. The van der Waals surface area contributed by atoms with E-state index >= 15 is 0 Å². The van der Waals surface area contributed by atoms with Crippen LogP contribution in [-0.4, -0.2) is 32.2 Å². The van der Waals surface area contributed by atoms with Gasteiger partial charge in [0.15, 0.2) is 0 Å². The third kappa shape index (κ3) is 2.42. The second kappa shape index (κ2) is 6.04. The molecule has 0 aromatic rings. The molecule has 4 aliphatic carbocycles. The molecule has 3 heteroatoms. The fraction of sp³-hybridized carbons (Fsp3) is 0.957. The second-order valence-corrected chi connectivity index (χ2v) is 11.0. The van der Waals surface area contributed by atoms with Crippen molar-refractivity contribution in [2.75, 3.05) is 14.2 Å². The first kappa shape index (κ1) is 18.9. The molecule has 0 saturated heterocycles. The van der Waals surface area contributed by atoms with Crippen molar-refractivity contribution in [2.45, 2.75) is 84.8 Å². The third-order valence-corrected chi connectivity index (χ3v) is 9.42. The highest BCUT2D eigenvalue weighted by atomic mass is 16.5. The number of rotatable bonds is 2. The Hall–Kier alpha value is -0.410. The number of carbonyl (C=O) groups excluding carboxylic acids is 1. The van der Waals surface area contributed by atoms with E-state index in [1.807, 2.05) is 14.2 Å². The third-order valence-electron chi connectivity index (χ3n) is 9.42.